The number of guanidine groups is 1. The Balaban J connectivity index is 1.94. The van der Waals surface area contributed by atoms with Gasteiger partial charge in [0.2, 0.25) is 0 Å². The number of methoxy groups -OCH3 is 1. The summed E-state index contributed by atoms with van der Waals surface area (Å²) in [4.78, 5) is 11.7. The van der Waals surface area contributed by atoms with Gasteiger partial charge in [-0.25, -0.2) is 9.98 Å². The van der Waals surface area contributed by atoms with Gasteiger partial charge in [0.05, 0.1) is 18.8 Å². The lowest BCUT2D eigenvalue weighted by atomic mass is 10.3. The van der Waals surface area contributed by atoms with Crippen molar-refractivity contribution in [1.29, 1.82) is 0 Å². The van der Waals surface area contributed by atoms with Gasteiger partial charge in [-0.1, -0.05) is 0 Å². The van der Waals surface area contributed by atoms with Crippen LogP contribution in [0, 0.1) is 0 Å². The zero-order chi connectivity index (χ0) is 12.8. The van der Waals surface area contributed by atoms with E-state index >= 15 is 0 Å². The highest BCUT2D eigenvalue weighted by Crippen LogP contribution is 2.10. The number of hydrogen-bond donors (Lipinski definition) is 3. The number of pyridine rings is 1. The van der Waals surface area contributed by atoms with Crippen LogP contribution in [0.2, 0.25) is 0 Å². The predicted molar refractivity (Wildman–Crippen MR) is 71.3 cm³/mol. The van der Waals surface area contributed by atoms with Crippen LogP contribution in [0.3, 0.4) is 0 Å². The van der Waals surface area contributed by atoms with Crippen LogP contribution in [0.5, 0.6) is 0 Å². The molecule has 0 saturated heterocycles. The molecular formula is C12H17N5O. The van der Waals surface area contributed by atoms with Crippen molar-refractivity contribution >= 4 is 17.0 Å². The van der Waals surface area contributed by atoms with E-state index in [4.69, 9.17) is 10.5 Å². The summed E-state index contributed by atoms with van der Waals surface area (Å²) in [7, 11) is 1.64. The lowest BCUT2D eigenvalue weighted by Gasteiger charge is -2.04. The van der Waals surface area contributed by atoms with Crippen LogP contribution in [0.1, 0.15) is 5.69 Å². The van der Waals surface area contributed by atoms with Crippen molar-refractivity contribution < 1.29 is 4.74 Å². The Labute approximate surface area is 105 Å². The second-order valence-electron chi connectivity index (χ2n) is 3.84. The first kappa shape index (κ1) is 12.4. The highest BCUT2D eigenvalue weighted by atomic mass is 16.5. The fourth-order valence-corrected chi connectivity index (χ4v) is 1.56. The van der Waals surface area contributed by atoms with E-state index in [1.54, 1.807) is 7.11 Å². The summed E-state index contributed by atoms with van der Waals surface area (Å²) < 4.78 is 4.90. The minimum Gasteiger partial charge on any atom is -0.383 e. The van der Waals surface area contributed by atoms with Crippen molar-refractivity contribution in [3.05, 3.63) is 30.1 Å². The van der Waals surface area contributed by atoms with Gasteiger partial charge in [-0.15, -0.1) is 0 Å². The largest absolute Gasteiger partial charge is 0.383 e. The third kappa shape index (κ3) is 3.21. The molecule has 18 heavy (non-hydrogen) atoms. The Bertz CT molecular complexity index is 534. The SMILES string of the molecule is COCCNC(N)=NCc1ccc2cc[nH]c2n1. The molecule has 0 aliphatic carbocycles. The molecule has 6 nitrogen and oxygen atoms in total. The lowest BCUT2D eigenvalue weighted by molar-refractivity contribution is 0.204. The molecular weight excluding hydrogens is 230 g/mol. The summed E-state index contributed by atoms with van der Waals surface area (Å²) in [6, 6.07) is 5.94. The molecule has 6 heteroatoms. The summed E-state index contributed by atoms with van der Waals surface area (Å²) in [6.45, 7) is 1.71. The molecule has 96 valence electrons. The maximum atomic E-state index is 5.70. The van der Waals surface area contributed by atoms with Gasteiger partial charge in [0, 0.05) is 25.2 Å². The standard InChI is InChI=1S/C12H17N5O/c1-18-7-6-15-12(13)16-8-10-3-2-9-4-5-14-11(9)17-10/h2-5H,6-8H2,1H3,(H,14,17)(H3,13,15,16). The van der Waals surface area contributed by atoms with Crippen molar-refractivity contribution in [2.45, 2.75) is 6.54 Å². The third-order valence-corrected chi connectivity index (χ3v) is 2.49. The fourth-order valence-electron chi connectivity index (χ4n) is 1.56. The number of rotatable bonds is 5. The average Bonchev–Trinajstić information content (AvgIpc) is 2.84. The number of fused-ring (bicyclic) bond motifs is 1. The van der Waals surface area contributed by atoms with Crippen LogP contribution < -0.4 is 11.1 Å². The fraction of sp³-hybridized carbons (Fsp3) is 0.333. The second kappa shape index (κ2) is 6.02. The third-order valence-electron chi connectivity index (χ3n) is 2.49. The molecule has 4 N–H and O–H groups in total. The van der Waals surface area contributed by atoms with E-state index in [0.29, 0.717) is 25.7 Å². The van der Waals surface area contributed by atoms with E-state index in [1.165, 1.54) is 0 Å². The maximum absolute atomic E-state index is 5.70. The van der Waals surface area contributed by atoms with Gasteiger partial charge in [0.1, 0.15) is 5.65 Å². The quantitative estimate of drug-likeness (QED) is 0.410. The number of nitrogens with one attached hydrogen (secondary N) is 2. The molecule has 2 aromatic rings. The molecule has 0 atom stereocenters. The van der Waals surface area contributed by atoms with Gasteiger partial charge in [0.25, 0.3) is 0 Å². The van der Waals surface area contributed by atoms with Crippen molar-refractivity contribution in [2.24, 2.45) is 10.7 Å². The Hall–Kier alpha value is -2.08. The first-order chi connectivity index (χ1) is 8.79. The zero-order valence-electron chi connectivity index (χ0n) is 10.3. The lowest BCUT2D eigenvalue weighted by Crippen LogP contribution is -2.34. The molecule has 0 spiro atoms. The monoisotopic (exact) mass is 247 g/mol. The number of aromatic nitrogens is 2. The average molecular weight is 247 g/mol. The smallest absolute Gasteiger partial charge is 0.189 e. The van der Waals surface area contributed by atoms with Crippen molar-refractivity contribution in [1.82, 2.24) is 15.3 Å². The molecule has 0 unspecified atom stereocenters. The molecule has 0 aliphatic heterocycles. The van der Waals surface area contributed by atoms with E-state index in [2.05, 4.69) is 20.3 Å². The maximum Gasteiger partial charge on any atom is 0.189 e. The Morgan fingerprint density at radius 3 is 3.22 bits per heavy atom. The van der Waals surface area contributed by atoms with Crippen molar-refractivity contribution in [3.63, 3.8) is 0 Å². The van der Waals surface area contributed by atoms with E-state index in [0.717, 1.165) is 16.7 Å². The van der Waals surface area contributed by atoms with Crippen LogP contribution in [0.15, 0.2) is 29.4 Å². The Kier molecular flexibility index (Phi) is 4.14. The highest BCUT2D eigenvalue weighted by Gasteiger charge is 1.98. The molecule has 0 fully saturated rings. The number of ether oxygens (including phenoxy) is 1. The Morgan fingerprint density at radius 2 is 2.39 bits per heavy atom. The molecule has 0 aromatic carbocycles. The van der Waals surface area contributed by atoms with Crippen LogP contribution >= 0.6 is 0 Å². The molecule has 0 radical (unpaired) electrons. The summed E-state index contributed by atoms with van der Waals surface area (Å²) >= 11 is 0. The molecule has 0 saturated carbocycles. The van der Waals surface area contributed by atoms with E-state index in [-0.39, 0.29) is 0 Å². The molecule has 0 aliphatic rings. The molecule has 0 amide bonds. The van der Waals surface area contributed by atoms with Crippen molar-refractivity contribution in [3.8, 4) is 0 Å². The first-order valence-electron chi connectivity index (χ1n) is 5.75. The summed E-state index contributed by atoms with van der Waals surface area (Å²) in [5.41, 5.74) is 7.45. The van der Waals surface area contributed by atoms with Crippen LogP contribution in [-0.2, 0) is 11.3 Å². The number of hydrogen-bond acceptors (Lipinski definition) is 3. The summed E-state index contributed by atoms with van der Waals surface area (Å²) in [6.07, 6.45) is 1.87. The van der Waals surface area contributed by atoms with Crippen LogP contribution in [0.4, 0.5) is 0 Å². The topological polar surface area (TPSA) is 88.3 Å². The summed E-state index contributed by atoms with van der Waals surface area (Å²) in [5, 5.41) is 4.04. The number of nitrogens with zero attached hydrogens (tertiary/aromatic N) is 2. The minimum absolute atomic E-state index is 0.403. The van der Waals surface area contributed by atoms with Gasteiger partial charge < -0.3 is 20.8 Å². The molecule has 0 bridgehead atoms. The predicted octanol–water partition coefficient (Wildman–Crippen LogP) is 0.614. The van der Waals surface area contributed by atoms with Gasteiger partial charge in [-0.05, 0) is 18.2 Å². The highest BCUT2D eigenvalue weighted by molar-refractivity contribution is 5.78. The van der Waals surface area contributed by atoms with Gasteiger partial charge >= 0.3 is 0 Å². The first-order valence-corrected chi connectivity index (χ1v) is 5.75. The normalized spacial score (nSPS) is 11.9. The second-order valence-corrected chi connectivity index (χ2v) is 3.84. The van der Waals surface area contributed by atoms with Crippen LogP contribution in [0.25, 0.3) is 11.0 Å². The van der Waals surface area contributed by atoms with E-state index in [1.807, 2.05) is 24.4 Å². The number of aliphatic imine (C=N–C) groups is 1. The Morgan fingerprint density at radius 1 is 1.50 bits per heavy atom. The number of H-pyrrole nitrogens is 1. The molecule has 2 heterocycles. The molecule has 2 aromatic heterocycles. The summed E-state index contributed by atoms with van der Waals surface area (Å²) in [5.74, 6) is 0.403. The van der Waals surface area contributed by atoms with E-state index < -0.39 is 0 Å². The van der Waals surface area contributed by atoms with E-state index in [9.17, 15) is 0 Å². The van der Waals surface area contributed by atoms with Crippen LogP contribution in [-0.4, -0.2) is 36.2 Å². The van der Waals surface area contributed by atoms with Gasteiger partial charge in [-0.2, -0.15) is 0 Å². The zero-order valence-corrected chi connectivity index (χ0v) is 10.3. The number of nitrogens with two attached hydrogens (primary N) is 1. The van der Waals surface area contributed by atoms with Gasteiger partial charge in [0.15, 0.2) is 5.96 Å². The molecule has 2 rings (SSSR count). The van der Waals surface area contributed by atoms with Gasteiger partial charge in [-0.3, -0.25) is 0 Å². The number of aromatic amines is 1. The van der Waals surface area contributed by atoms with Crippen molar-refractivity contribution in [2.75, 3.05) is 20.3 Å². The minimum atomic E-state index is 0.403.